The number of carbonyl (C=O) groups excluding carboxylic acids is 2. The summed E-state index contributed by atoms with van der Waals surface area (Å²) in [6, 6.07) is 15.3. The molecule has 0 spiro atoms. The Hall–Kier alpha value is -3.88. The SMILES string of the molecule is C[C@@H](NC(=O)c1nn(C2=C(Cl)C=C(Cl)CC2)c2c1CCN(C(=O)OC(C)(C)C)/C2=C\c1ccc(F)cc1)c1ccccc1. The predicted molar refractivity (Wildman–Crippen MR) is 168 cm³/mol. The van der Waals surface area contributed by atoms with E-state index in [2.05, 4.69) is 5.32 Å². The van der Waals surface area contributed by atoms with Gasteiger partial charge in [0, 0.05) is 17.1 Å². The maximum atomic E-state index is 13.8. The van der Waals surface area contributed by atoms with Crippen LogP contribution >= 0.6 is 23.2 Å². The Morgan fingerprint density at radius 2 is 1.74 bits per heavy atom. The molecule has 1 N–H and O–H groups in total. The highest BCUT2D eigenvalue weighted by atomic mass is 35.5. The number of carbonyl (C=O) groups is 2. The van der Waals surface area contributed by atoms with Gasteiger partial charge in [-0.15, -0.1) is 0 Å². The number of nitrogens with zero attached hydrogens (tertiary/aromatic N) is 3. The van der Waals surface area contributed by atoms with E-state index in [4.69, 9.17) is 33.0 Å². The van der Waals surface area contributed by atoms with E-state index >= 15 is 0 Å². The number of aromatic nitrogens is 2. The molecule has 1 aromatic heterocycles. The lowest BCUT2D eigenvalue weighted by atomic mass is 9.98. The molecule has 0 fully saturated rings. The van der Waals surface area contributed by atoms with Crippen LogP contribution < -0.4 is 5.32 Å². The molecule has 0 saturated carbocycles. The lowest BCUT2D eigenvalue weighted by molar-refractivity contribution is 0.0351. The van der Waals surface area contributed by atoms with Crippen molar-refractivity contribution in [2.75, 3.05) is 6.54 Å². The maximum absolute atomic E-state index is 13.8. The zero-order valence-electron chi connectivity index (χ0n) is 24.5. The number of nitrogens with one attached hydrogen (secondary N) is 1. The van der Waals surface area contributed by atoms with Crippen LogP contribution in [0.2, 0.25) is 0 Å². The zero-order chi connectivity index (χ0) is 30.9. The first-order valence-corrected chi connectivity index (χ1v) is 14.9. The van der Waals surface area contributed by atoms with Crippen LogP contribution in [-0.2, 0) is 11.2 Å². The lowest BCUT2D eigenvalue weighted by Gasteiger charge is -2.33. The van der Waals surface area contributed by atoms with Crippen LogP contribution in [0, 0.1) is 5.82 Å². The Kier molecular flexibility index (Phi) is 8.81. The number of hydrogen-bond donors (Lipinski definition) is 1. The first-order valence-electron chi connectivity index (χ1n) is 14.1. The summed E-state index contributed by atoms with van der Waals surface area (Å²) in [6.07, 6.45) is 4.26. The smallest absolute Gasteiger partial charge is 0.414 e. The summed E-state index contributed by atoms with van der Waals surface area (Å²) in [4.78, 5) is 28.9. The van der Waals surface area contributed by atoms with Crippen molar-refractivity contribution in [2.45, 2.75) is 58.6 Å². The van der Waals surface area contributed by atoms with Crippen molar-refractivity contribution >= 4 is 52.7 Å². The molecule has 2 aliphatic rings. The summed E-state index contributed by atoms with van der Waals surface area (Å²) < 4.78 is 21.2. The van der Waals surface area contributed by atoms with E-state index in [9.17, 15) is 14.0 Å². The van der Waals surface area contributed by atoms with Crippen LogP contribution in [0.25, 0.3) is 17.5 Å². The molecule has 0 unspecified atom stereocenters. The van der Waals surface area contributed by atoms with Gasteiger partial charge in [-0.2, -0.15) is 5.10 Å². The highest BCUT2D eigenvalue weighted by Crippen LogP contribution is 2.39. The van der Waals surface area contributed by atoms with Crippen LogP contribution in [0.3, 0.4) is 0 Å². The van der Waals surface area contributed by atoms with Crippen molar-refractivity contribution in [3.63, 3.8) is 0 Å². The normalized spacial score (nSPS) is 17.0. The molecule has 0 bridgehead atoms. The minimum atomic E-state index is -0.742. The third kappa shape index (κ3) is 6.86. The summed E-state index contributed by atoms with van der Waals surface area (Å²) in [7, 11) is 0. The Balaban J connectivity index is 1.68. The van der Waals surface area contributed by atoms with Crippen LogP contribution in [0.5, 0.6) is 0 Å². The topological polar surface area (TPSA) is 76.5 Å². The second-order valence-electron chi connectivity index (χ2n) is 11.5. The maximum Gasteiger partial charge on any atom is 0.414 e. The van der Waals surface area contributed by atoms with Crippen LogP contribution in [0.1, 0.15) is 79.5 Å². The molecule has 2 heterocycles. The summed E-state index contributed by atoms with van der Waals surface area (Å²) in [5, 5.41) is 8.90. The monoisotopic (exact) mass is 622 g/mol. The average Bonchev–Trinajstić information content (AvgIpc) is 3.34. The molecule has 7 nitrogen and oxygen atoms in total. The van der Waals surface area contributed by atoms with Gasteiger partial charge in [-0.05, 0) is 82.4 Å². The number of halogens is 3. The molecule has 3 aromatic rings. The number of rotatable bonds is 5. The van der Waals surface area contributed by atoms with E-state index in [-0.39, 0.29) is 30.0 Å². The van der Waals surface area contributed by atoms with Crippen molar-refractivity contribution in [3.05, 3.63) is 105 Å². The number of allylic oxidation sites excluding steroid dienone is 4. The molecule has 224 valence electrons. The number of ether oxygens (including phenoxy) is 1. The van der Waals surface area contributed by atoms with Crippen LogP contribution in [0.4, 0.5) is 9.18 Å². The molecular weight excluding hydrogens is 590 g/mol. The van der Waals surface area contributed by atoms with Crippen LogP contribution in [0.15, 0.2) is 70.7 Å². The van der Waals surface area contributed by atoms with E-state index in [0.717, 1.165) is 5.56 Å². The van der Waals surface area contributed by atoms with Crippen molar-refractivity contribution < 1.29 is 18.7 Å². The van der Waals surface area contributed by atoms with Gasteiger partial charge in [0.25, 0.3) is 5.91 Å². The largest absolute Gasteiger partial charge is 0.443 e. The van der Waals surface area contributed by atoms with Crippen molar-refractivity contribution in [2.24, 2.45) is 0 Å². The number of benzene rings is 2. The van der Waals surface area contributed by atoms with E-state index in [1.807, 2.05) is 37.3 Å². The highest BCUT2D eigenvalue weighted by Gasteiger charge is 2.37. The van der Waals surface area contributed by atoms with Gasteiger partial charge in [-0.3, -0.25) is 9.69 Å². The fourth-order valence-corrected chi connectivity index (χ4v) is 5.68. The van der Waals surface area contributed by atoms with Crippen molar-refractivity contribution in [3.8, 4) is 0 Å². The minimum Gasteiger partial charge on any atom is -0.443 e. The molecule has 2 aromatic carbocycles. The van der Waals surface area contributed by atoms with Gasteiger partial charge in [0.05, 0.1) is 28.2 Å². The van der Waals surface area contributed by atoms with Gasteiger partial charge in [-0.1, -0.05) is 65.7 Å². The van der Waals surface area contributed by atoms with E-state index in [0.29, 0.717) is 57.5 Å². The second kappa shape index (κ2) is 12.4. The molecule has 43 heavy (non-hydrogen) atoms. The summed E-state index contributed by atoms with van der Waals surface area (Å²) >= 11 is 13.0. The lowest BCUT2D eigenvalue weighted by Crippen LogP contribution is -2.40. The fraction of sp³-hybridized carbons (Fsp3) is 0.303. The molecule has 0 radical (unpaired) electrons. The highest BCUT2D eigenvalue weighted by molar-refractivity contribution is 6.36. The Labute approximate surface area is 260 Å². The van der Waals surface area contributed by atoms with Gasteiger partial charge in [0.2, 0.25) is 0 Å². The standard InChI is InChI=1S/C33H33Cl2FN4O3/c1-20(22-8-6-5-7-9-22)37-31(41)29-25-16-17-39(32(42)43-33(2,3)4)28(18-21-10-13-24(36)14-11-21)30(25)40(38-29)27-15-12-23(34)19-26(27)35/h5-11,13-14,18-20H,12,15-17H2,1-4H3,(H,37,41)/b28-18-/t20-/m1/s1. The number of amides is 2. The van der Waals surface area contributed by atoms with Crippen molar-refractivity contribution in [1.82, 2.24) is 20.0 Å². The Morgan fingerprint density at radius 1 is 1.05 bits per heavy atom. The fourth-order valence-electron chi connectivity index (χ4n) is 5.12. The number of hydrogen-bond acceptors (Lipinski definition) is 4. The van der Waals surface area contributed by atoms with E-state index in [1.54, 1.807) is 49.7 Å². The van der Waals surface area contributed by atoms with Crippen LogP contribution in [-0.4, -0.2) is 38.8 Å². The van der Waals surface area contributed by atoms with Gasteiger partial charge >= 0.3 is 6.09 Å². The second-order valence-corrected chi connectivity index (χ2v) is 12.4. The summed E-state index contributed by atoms with van der Waals surface area (Å²) in [6.45, 7) is 7.55. The minimum absolute atomic E-state index is 0.240. The zero-order valence-corrected chi connectivity index (χ0v) is 26.0. The van der Waals surface area contributed by atoms with Crippen molar-refractivity contribution in [1.29, 1.82) is 0 Å². The molecule has 10 heteroatoms. The summed E-state index contributed by atoms with van der Waals surface area (Å²) in [5.41, 5.74) is 3.42. The number of fused-ring (bicyclic) bond motifs is 1. The molecule has 0 saturated heterocycles. The Morgan fingerprint density at radius 3 is 2.40 bits per heavy atom. The Bertz CT molecular complexity index is 1640. The molecule has 2 amide bonds. The van der Waals surface area contributed by atoms with E-state index < -0.39 is 11.7 Å². The van der Waals surface area contributed by atoms with E-state index in [1.165, 1.54) is 17.0 Å². The third-order valence-corrected chi connectivity index (χ3v) is 7.79. The first-order chi connectivity index (χ1) is 20.4. The average molecular weight is 624 g/mol. The van der Waals surface area contributed by atoms with Gasteiger partial charge in [0.1, 0.15) is 11.4 Å². The molecular formula is C33H33Cl2FN4O3. The van der Waals surface area contributed by atoms with Gasteiger partial charge < -0.3 is 10.1 Å². The third-order valence-electron chi connectivity index (χ3n) is 7.17. The first kappa shape index (κ1) is 30.6. The molecule has 5 rings (SSSR count). The van der Waals surface area contributed by atoms with Gasteiger partial charge in [-0.25, -0.2) is 13.9 Å². The quantitative estimate of drug-likeness (QED) is 0.312. The predicted octanol–water partition coefficient (Wildman–Crippen LogP) is 8.13. The molecule has 1 aliphatic carbocycles. The molecule has 1 atom stereocenters. The summed E-state index contributed by atoms with van der Waals surface area (Å²) in [5.74, 6) is -0.728. The van der Waals surface area contributed by atoms with Gasteiger partial charge in [0.15, 0.2) is 5.69 Å². The molecule has 1 aliphatic heterocycles.